The largest absolute Gasteiger partial charge is 0.444 e. The first-order chi connectivity index (χ1) is 9.58. The lowest BCUT2D eigenvalue weighted by Crippen LogP contribution is -2.44. The summed E-state index contributed by atoms with van der Waals surface area (Å²) in [6.07, 6.45) is -0.675. The summed E-state index contributed by atoms with van der Waals surface area (Å²) in [6, 6.07) is 2.22. The molecule has 1 atom stereocenters. The van der Waals surface area contributed by atoms with Gasteiger partial charge >= 0.3 is 6.09 Å². The average Bonchev–Trinajstić information content (AvgIpc) is 2.29. The Kier molecular flexibility index (Phi) is 5.80. The zero-order valence-electron chi connectivity index (χ0n) is 12.2. The van der Waals surface area contributed by atoms with Gasteiger partial charge in [0.15, 0.2) is 5.15 Å². The number of hydrogen-bond acceptors (Lipinski definition) is 4. The number of nitrogens with zero attached hydrogens (tertiary/aromatic N) is 1. The summed E-state index contributed by atoms with van der Waals surface area (Å²) < 4.78 is 5.06. The van der Waals surface area contributed by atoms with Gasteiger partial charge in [-0.1, -0.05) is 23.2 Å². The molecule has 1 heterocycles. The fourth-order valence-electron chi connectivity index (χ4n) is 1.30. The number of hydrogen-bond donors (Lipinski definition) is 2. The number of aromatic nitrogens is 1. The minimum absolute atomic E-state index is 0.0697. The SMILES string of the molecule is C[C@@H](NC(=O)OC(C)(C)C)C(=O)Nc1ccc(Cl)nc1Cl. The number of ether oxygens (including phenoxy) is 1. The first kappa shape index (κ1) is 17.5. The Labute approximate surface area is 133 Å². The summed E-state index contributed by atoms with van der Waals surface area (Å²) >= 11 is 11.5. The lowest BCUT2D eigenvalue weighted by Gasteiger charge is -2.21. The van der Waals surface area contributed by atoms with Crippen molar-refractivity contribution < 1.29 is 14.3 Å². The van der Waals surface area contributed by atoms with Gasteiger partial charge in [-0.25, -0.2) is 9.78 Å². The van der Waals surface area contributed by atoms with Crippen LogP contribution in [-0.4, -0.2) is 28.6 Å². The molecular weight excluding hydrogens is 317 g/mol. The topological polar surface area (TPSA) is 80.3 Å². The molecule has 116 valence electrons. The Hall–Kier alpha value is -1.53. The predicted molar refractivity (Wildman–Crippen MR) is 81.7 cm³/mol. The molecule has 0 unspecified atom stereocenters. The number of pyridine rings is 1. The number of carbonyl (C=O) groups is 2. The Morgan fingerprint density at radius 3 is 2.43 bits per heavy atom. The highest BCUT2D eigenvalue weighted by Gasteiger charge is 2.21. The summed E-state index contributed by atoms with van der Waals surface area (Å²) in [6.45, 7) is 6.72. The maximum atomic E-state index is 11.9. The number of amides is 2. The van der Waals surface area contributed by atoms with Gasteiger partial charge in [-0.2, -0.15) is 0 Å². The van der Waals surface area contributed by atoms with Gasteiger partial charge < -0.3 is 15.4 Å². The summed E-state index contributed by atoms with van der Waals surface area (Å²) in [4.78, 5) is 27.3. The van der Waals surface area contributed by atoms with E-state index in [1.54, 1.807) is 20.8 Å². The minimum atomic E-state index is -0.799. The van der Waals surface area contributed by atoms with Gasteiger partial charge in [0.05, 0.1) is 5.69 Å². The van der Waals surface area contributed by atoms with Crippen LogP contribution in [0.2, 0.25) is 10.3 Å². The molecule has 0 bridgehead atoms. The first-order valence-corrected chi connectivity index (χ1v) is 6.96. The molecule has 1 aromatic heterocycles. The molecule has 0 saturated carbocycles. The predicted octanol–water partition coefficient (Wildman–Crippen LogP) is 3.24. The zero-order chi connectivity index (χ0) is 16.2. The van der Waals surface area contributed by atoms with Crippen LogP contribution >= 0.6 is 23.2 Å². The third-order valence-electron chi connectivity index (χ3n) is 2.20. The Morgan fingerprint density at radius 1 is 1.29 bits per heavy atom. The Morgan fingerprint density at radius 2 is 1.90 bits per heavy atom. The van der Waals surface area contributed by atoms with E-state index in [1.165, 1.54) is 19.1 Å². The van der Waals surface area contributed by atoms with Crippen LogP contribution in [0.4, 0.5) is 10.5 Å². The van der Waals surface area contributed by atoms with Gasteiger partial charge in [0.25, 0.3) is 0 Å². The second kappa shape index (κ2) is 6.95. The molecule has 0 saturated heterocycles. The number of carbonyl (C=O) groups excluding carboxylic acids is 2. The number of anilines is 1. The van der Waals surface area contributed by atoms with Crippen molar-refractivity contribution in [1.82, 2.24) is 10.3 Å². The number of alkyl carbamates (subject to hydrolysis) is 1. The Bertz CT molecular complexity index is 544. The van der Waals surface area contributed by atoms with E-state index in [9.17, 15) is 9.59 Å². The Balaban J connectivity index is 2.61. The molecule has 0 fully saturated rings. The quantitative estimate of drug-likeness (QED) is 0.832. The molecule has 2 N–H and O–H groups in total. The molecule has 1 aromatic rings. The molecule has 0 spiro atoms. The van der Waals surface area contributed by atoms with Gasteiger partial charge in [-0.3, -0.25) is 4.79 Å². The molecule has 6 nitrogen and oxygen atoms in total. The van der Waals surface area contributed by atoms with E-state index in [1.807, 2.05) is 0 Å². The standard InChI is InChI=1S/C13H17Cl2N3O3/c1-7(16-12(20)21-13(2,3)4)11(19)17-8-5-6-9(14)18-10(8)15/h5-7H,1-4H3,(H,16,20)(H,17,19)/t7-/m1/s1. The summed E-state index contributed by atoms with van der Waals surface area (Å²) in [5.74, 6) is -0.452. The van der Waals surface area contributed by atoms with E-state index in [0.29, 0.717) is 5.69 Å². The zero-order valence-corrected chi connectivity index (χ0v) is 13.7. The number of halogens is 2. The van der Waals surface area contributed by atoms with Gasteiger partial charge in [-0.15, -0.1) is 0 Å². The monoisotopic (exact) mass is 333 g/mol. The van der Waals surface area contributed by atoms with Gasteiger partial charge in [0, 0.05) is 0 Å². The summed E-state index contributed by atoms with van der Waals surface area (Å²) in [7, 11) is 0. The molecule has 0 aliphatic rings. The van der Waals surface area contributed by atoms with E-state index in [-0.39, 0.29) is 10.3 Å². The molecule has 0 aromatic carbocycles. The van der Waals surface area contributed by atoms with Gasteiger partial charge in [0.2, 0.25) is 5.91 Å². The first-order valence-electron chi connectivity index (χ1n) is 6.21. The van der Waals surface area contributed by atoms with E-state index >= 15 is 0 Å². The third kappa shape index (κ3) is 6.18. The van der Waals surface area contributed by atoms with Crippen molar-refractivity contribution in [2.24, 2.45) is 0 Å². The normalized spacial score (nSPS) is 12.5. The van der Waals surface area contributed by atoms with Crippen LogP contribution in [0.5, 0.6) is 0 Å². The lowest BCUT2D eigenvalue weighted by molar-refractivity contribution is -0.117. The summed E-state index contributed by atoms with van der Waals surface area (Å²) in [5.41, 5.74) is -0.326. The third-order valence-corrected chi connectivity index (χ3v) is 2.70. The highest BCUT2D eigenvalue weighted by atomic mass is 35.5. The van der Waals surface area contributed by atoms with Crippen LogP contribution in [0, 0.1) is 0 Å². The van der Waals surface area contributed by atoms with Crippen LogP contribution in [0.1, 0.15) is 27.7 Å². The fourth-order valence-corrected chi connectivity index (χ4v) is 1.69. The molecular formula is C13H17Cl2N3O3. The van der Waals surface area contributed by atoms with E-state index < -0.39 is 23.6 Å². The van der Waals surface area contributed by atoms with Crippen LogP contribution < -0.4 is 10.6 Å². The van der Waals surface area contributed by atoms with Crippen LogP contribution in [0.3, 0.4) is 0 Å². The van der Waals surface area contributed by atoms with Crippen LogP contribution in [-0.2, 0) is 9.53 Å². The van der Waals surface area contributed by atoms with Crippen molar-refractivity contribution in [3.63, 3.8) is 0 Å². The van der Waals surface area contributed by atoms with Crippen molar-refractivity contribution >= 4 is 40.9 Å². The van der Waals surface area contributed by atoms with Gasteiger partial charge in [0.1, 0.15) is 16.8 Å². The van der Waals surface area contributed by atoms with E-state index in [0.717, 1.165) is 0 Å². The van der Waals surface area contributed by atoms with Crippen LogP contribution in [0.15, 0.2) is 12.1 Å². The lowest BCUT2D eigenvalue weighted by atomic mass is 10.2. The van der Waals surface area contributed by atoms with Crippen LogP contribution in [0.25, 0.3) is 0 Å². The van der Waals surface area contributed by atoms with Crippen molar-refractivity contribution in [1.29, 1.82) is 0 Å². The summed E-state index contributed by atoms with van der Waals surface area (Å²) in [5, 5.41) is 5.26. The molecule has 0 aliphatic carbocycles. The molecule has 2 amide bonds. The maximum Gasteiger partial charge on any atom is 0.408 e. The second-order valence-electron chi connectivity index (χ2n) is 5.33. The second-order valence-corrected chi connectivity index (χ2v) is 6.07. The van der Waals surface area contributed by atoms with Crippen molar-refractivity contribution in [2.75, 3.05) is 5.32 Å². The van der Waals surface area contributed by atoms with Crippen molar-refractivity contribution in [3.05, 3.63) is 22.4 Å². The van der Waals surface area contributed by atoms with Gasteiger partial charge in [-0.05, 0) is 39.8 Å². The number of rotatable bonds is 3. The molecule has 8 heteroatoms. The van der Waals surface area contributed by atoms with E-state index in [4.69, 9.17) is 27.9 Å². The highest BCUT2D eigenvalue weighted by Crippen LogP contribution is 2.21. The highest BCUT2D eigenvalue weighted by molar-refractivity contribution is 6.34. The number of nitrogens with one attached hydrogen (secondary N) is 2. The fraction of sp³-hybridized carbons (Fsp3) is 0.462. The molecule has 0 aliphatic heterocycles. The minimum Gasteiger partial charge on any atom is -0.444 e. The maximum absolute atomic E-state index is 11.9. The van der Waals surface area contributed by atoms with E-state index in [2.05, 4.69) is 15.6 Å². The molecule has 0 radical (unpaired) electrons. The smallest absolute Gasteiger partial charge is 0.408 e. The molecule has 1 rings (SSSR count). The van der Waals surface area contributed by atoms with Crippen molar-refractivity contribution in [3.8, 4) is 0 Å². The average molecular weight is 334 g/mol. The molecule has 21 heavy (non-hydrogen) atoms. The van der Waals surface area contributed by atoms with Crippen molar-refractivity contribution in [2.45, 2.75) is 39.3 Å².